The lowest BCUT2D eigenvalue weighted by Gasteiger charge is -2.34. The normalized spacial score (nSPS) is 18.0. The predicted octanol–water partition coefficient (Wildman–Crippen LogP) is 2.04. The quantitative estimate of drug-likeness (QED) is 0.922. The molecule has 1 saturated heterocycles. The summed E-state index contributed by atoms with van der Waals surface area (Å²) < 4.78 is 0. The van der Waals surface area contributed by atoms with Crippen LogP contribution in [0.4, 0.5) is 0 Å². The zero-order valence-electron chi connectivity index (χ0n) is 13.1. The van der Waals surface area contributed by atoms with E-state index in [4.69, 9.17) is 0 Å². The van der Waals surface area contributed by atoms with Gasteiger partial charge in [0, 0.05) is 25.5 Å². The van der Waals surface area contributed by atoms with Crippen molar-refractivity contribution in [1.82, 2.24) is 14.9 Å². The molecule has 0 aromatic carbocycles. The first-order chi connectivity index (χ1) is 9.97. The summed E-state index contributed by atoms with van der Waals surface area (Å²) >= 11 is 0. The van der Waals surface area contributed by atoms with Crippen LogP contribution in [0.15, 0.2) is 12.4 Å². The predicted molar refractivity (Wildman–Crippen MR) is 80.9 cm³/mol. The van der Waals surface area contributed by atoms with Crippen molar-refractivity contribution in [2.45, 2.75) is 46.1 Å². The lowest BCUT2D eigenvalue weighted by atomic mass is 9.87. The fourth-order valence-electron chi connectivity index (χ4n) is 2.85. The third-order valence-electron chi connectivity index (χ3n) is 4.11. The van der Waals surface area contributed by atoms with Gasteiger partial charge in [-0.15, -0.1) is 0 Å². The zero-order valence-corrected chi connectivity index (χ0v) is 13.1. The zero-order chi connectivity index (χ0) is 15.4. The van der Waals surface area contributed by atoms with Crippen molar-refractivity contribution in [2.24, 2.45) is 11.8 Å². The summed E-state index contributed by atoms with van der Waals surface area (Å²) in [6.45, 7) is 7.45. The molecule has 0 bridgehead atoms. The van der Waals surface area contributed by atoms with Crippen LogP contribution in [0.3, 0.4) is 0 Å². The molecule has 2 rings (SSSR count). The molecule has 21 heavy (non-hydrogen) atoms. The average molecular weight is 291 g/mol. The van der Waals surface area contributed by atoms with Gasteiger partial charge >= 0.3 is 0 Å². The van der Waals surface area contributed by atoms with Crippen LogP contribution in [0.1, 0.15) is 49.3 Å². The monoisotopic (exact) mass is 291 g/mol. The topological polar surface area (TPSA) is 66.3 Å². The SMILES string of the molecule is Cc1ncc(C(=O)N2CCC([C@@H](O)CC(C)C)CC2)cn1. The number of likely N-dealkylation sites (tertiary alicyclic amines) is 1. The van der Waals surface area contributed by atoms with Gasteiger partial charge in [0.1, 0.15) is 5.82 Å². The van der Waals surface area contributed by atoms with Crippen molar-refractivity contribution in [3.05, 3.63) is 23.8 Å². The van der Waals surface area contributed by atoms with E-state index in [1.165, 1.54) is 0 Å². The minimum Gasteiger partial charge on any atom is -0.393 e. The van der Waals surface area contributed by atoms with E-state index in [-0.39, 0.29) is 12.0 Å². The highest BCUT2D eigenvalue weighted by atomic mass is 16.3. The van der Waals surface area contributed by atoms with E-state index in [2.05, 4.69) is 23.8 Å². The number of nitrogens with zero attached hydrogens (tertiary/aromatic N) is 3. The second-order valence-corrected chi connectivity index (χ2v) is 6.35. The minimum atomic E-state index is -0.245. The Kier molecular flexibility index (Phi) is 5.28. The molecule has 116 valence electrons. The van der Waals surface area contributed by atoms with Crippen molar-refractivity contribution < 1.29 is 9.90 Å². The molecule has 2 heterocycles. The maximum Gasteiger partial charge on any atom is 0.256 e. The molecule has 5 heteroatoms. The van der Waals surface area contributed by atoms with Gasteiger partial charge in [-0.25, -0.2) is 9.97 Å². The molecule has 0 saturated carbocycles. The molecular weight excluding hydrogens is 266 g/mol. The molecule has 0 aliphatic carbocycles. The molecule has 1 aromatic heterocycles. The van der Waals surface area contributed by atoms with E-state index in [1.54, 1.807) is 19.3 Å². The number of rotatable bonds is 4. The van der Waals surface area contributed by atoms with Gasteiger partial charge in [-0.2, -0.15) is 0 Å². The summed E-state index contributed by atoms with van der Waals surface area (Å²) in [5, 5.41) is 10.2. The molecular formula is C16H25N3O2. The number of aliphatic hydroxyl groups is 1. The maximum absolute atomic E-state index is 12.3. The highest BCUT2D eigenvalue weighted by molar-refractivity contribution is 5.93. The summed E-state index contributed by atoms with van der Waals surface area (Å²) in [6.07, 6.45) is 5.50. The second kappa shape index (κ2) is 6.98. The number of hydrogen-bond acceptors (Lipinski definition) is 4. The van der Waals surface area contributed by atoms with Gasteiger partial charge in [-0.05, 0) is 38.0 Å². The number of aryl methyl sites for hydroxylation is 1. The van der Waals surface area contributed by atoms with Crippen LogP contribution in [-0.2, 0) is 0 Å². The van der Waals surface area contributed by atoms with Gasteiger partial charge in [-0.1, -0.05) is 13.8 Å². The largest absolute Gasteiger partial charge is 0.393 e. The first kappa shape index (κ1) is 15.9. The molecule has 0 radical (unpaired) electrons. The number of aromatic nitrogens is 2. The molecule has 1 aliphatic rings. The number of carbonyl (C=O) groups excluding carboxylic acids is 1. The Morgan fingerprint density at radius 3 is 2.43 bits per heavy atom. The van der Waals surface area contributed by atoms with E-state index in [0.29, 0.717) is 36.3 Å². The maximum atomic E-state index is 12.3. The van der Waals surface area contributed by atoms with Crippen molar-refractivity contribution in [1.29, 1.82) is 0 Å². The van der Waals surface area contributed by atoms with Crippen LogP contribution in [-0.4, -0.2) is 45.1 Å². The highest BCUT2D eigenvalue weighted by Gasteiger charge is 2.28. The van der Waals surface area contributed by atoms with Gasteiger partial charge in [-0.3, -0.25) is 4.79 Å². The number of hydrogen-bond donors (Lipinski definition) is 1. The van der Waals surface area contributed by atoms with E-state index >= 15 is 0 Å². The van der Waals surface area contributed by atoms with Gasteiger partial charge in [0.15, 0.2) is 0 Å². The molecule has 1 amide bonds. The van der Waals surface area contributed by atoms with Gasteiger partial charge in [0.05, 0.1) is 11.7 Å². The lowest BCUT2D eigenvalue weighted by Crippen LogP contribution is -2.41. The Hall–Kier alpha value is -1.49. The first-order valence-corrected chi connectivity index (χ1v) is 7.73. The van der Waals surface area contributed by atoms with E-state index in [0.717, 1.165) is 19.3 Å². The standard InChI is InChI=1S/C16H25N3O2/c1-11(2)8-15(20)13-4-6-19(7-5-13)16(21)14-9-17-12(3)18-10-14/h9-11,13,15,20H,4-8H2,1-3H3/t15-/m0/s1. The molecule has 1 fully saturated rings. The molecule has 1 aromatic rings. The van der Waals surface area contributed by atoms with E-state index < -0.39 is 0 Å². The number of aliphatic hydroxyl groups excluding tert-OH is 1. The van der Waals surface area contributed by atoms with Crippen LogP contribution in [0.2, 0.25) is 0 Å². The van der Waals surface area contributed by atoms with E-state index in [9.17, 15) is 9.90 Å². The smallest absolute Gasteiger partial charge is 0.256 e. The van der Waals surface area contributed by atoms with Gasteiger partial charge in [0.2, 0.25) is 0 Å². The number of carbonyl (C=O) groups is 1. The van der Waals surface area contributed by atoms with E-state index in [1.807, 2.05) is 4.90 Å². The van der Waals surface area contributed by atoms with Crippen LogP contribution in [0.25, 0.3) is 0 Å². The Labute approximate surface area is 126 Å². The third-order valence-corrected chi connectivity index (χ3v) is 4.11. The Morgan fingerprint density at radius 2 is 1.90 bits per heavy atom. The highest BCUT2D eigenvalue weighted by Crippen LogP contribution is 2.25. The van der Waals surface area contributed by atoms with Crippen LogP contribution >= 0.6 is 0 Å². The molecule has 5 nitrogen and oxygen atoms in total. The van der Waals surface area contributed by atoms with Gasteiger partial charge in [0.25, 0.3) is 5.91 Å². The van der Waals surface area contributed by atoms with Crippen LogP contribution in [0.5, 0.6) is 0 Å². The third kappa shape index (κ3) is 4.24. The van der Waals surface area contributed by atoms with Crippen molar-refractivity contribution in [3.63, 3.8) is 0 Å². The molecule has 1 N–H and O–H groups in total. The molecule has 1 aliphatic heterocycles. The Morgan fingerprint density at radius 1 is 1.33 bits per heavy atom. The summed E-state index contributed by atoms with van der Waals surface area (Å²) in [5.41, 5.74) is 0.543. The Bertz CT molecular complexity index is 465. The number of amides is 1. The first-order valence-electron chi connectivity index (χ1n) is 7.73. The van der Waals surface area contributed by atoms with Crippen molar-refractivity contribution in [2.75, 3.05) is 13.1 Å². The fourth-order valence-corrected chi connectivity index (χ4v) is 2.85. The fraction of sp³-hybridized carbons (Fsp3) is 0.688. The second-order valence-electron chi connectivity index (χ2n) is 6.35. The van der Waals surface area contributed by atoms with Crippen molar-refractivity contribution in [3.8, 4) is 0 Å². The average Bonchev–Trinajstić information content (AvgIpc) is 2.47. The summed E-state index contributed by atoms with van der Waals surface area (Å²) in [7, 11) is 0. The molecule has 0 unspecified atom stereocenters. The van der Waals surface area contributed by atoms with Gasteiger partial charge < -0.3 is 10.0 Å². The minimum absolute atomic E-state index is 0.00759. The van der Waals surface area contributed by atoms with Crippen LogP contribution < -0.4 is 0 Å². The molecule has 0 spiro atoms. The number of piperidine rings is 1. The summed E-state index contributed by atoms with van der Waals surface area (Å²) in [4.78, 5) is 22.3. The summed E-state index contributed by atoms with van der Waals surface area (Å²) in [6, 6.07) is 0. The summed E-state index contributed by atoms with van der Waals surface area (Å²) in [5.74, 6) is 1.48. The lowest BCUT2D eigenvalue weighted by molar-refractivity contribution is 0.0385. The molecule has 1 atom stereocenters. The van der Waals surface area contributed by atoms with Crippen LogP contribution in [0, 0.1) is 18.8 Å². The Balaban J connectivity index is 1.88. The van der Waals surface area contributed by atoms with Crippen molar-refractivity contribution >= 4 is 5.91 Å².